The number of benzene rings is 1. The van der Waals surface area contributed by atoms with E-state index in [1.165, 1.54) is 0 Å². The summed E-state index contributed by atoms with van der Waals surface area (Å²) in [5.74, 6) is 0. The first-order chi connectivity index (χ1) is 10.6. The summed E-state index contributed by atoms with van der Waals surface area (Å²) in [4.78, 5) is 27.3. The van der Waals surface area contributed by atoms with E-state index in [4.69, 9.17) is 4.74 Å². The van der Waals surface area contributed by atoms with Crippen LogP contribution in [0.2, 0.25) is 0 Å². The van der Waals surface area contributed by atoms with Crippen LogP contribution in [0.1, 0.15) is 44.4 Å². The summed E-state index contributed by atoms with van der Waals surface area (Å²) in [6.07, 6.45) is -5.39. The Hall–Kier alpha value is -2.09. The largest absolute Gasteiger partial charge is 0.416 e. The van der Waals surface area contributed by atoms with Crippen LogP contribution in [0.3, 0.4) is 0 Å². The predicted octanol–water partition coefficient (Wildman–Crippen LogP) is 3.11. The predicted molar refractivity (Wildman–Crippen MR) is 79.4 cm³/mol. The maximum absolute atomic E-state index is 13.4. The Morgan fingerprint density at radius 1 is 1.17 bits per heavy atom. The first-order valence-electron chi connectivity index (χ1n) is 7.16. The van der Waals surface area contributed by atoms with Crippen molar-refractivity contribution >= 4 is 10.9 Å². The van der Waals surface area contributed by atoms with Crippen LogP contribution in [0.4, 0.5) is 13.2 Å². The van der Waals surface area contributed by atoms with Crippen molar-refractivity contribution in [3.8, 4) is 0 Å². The monoisotopic (exact) mass is 330 g/mol. The Morgan fingerprint density at radius 3 is 2.35 bits per heavy atom. The minimum absolute atomic E-state index is 0.0154. The van der Waals surface area contributed by atoms with Crippen molar-refractivity contribution in [3.05, 3.63) is 44.1 Å². The van der Waals surface area contributed by atoms with Crippen molar-refractivity contribution in [2.24, 2.45) is 0 Å². The molecule has 2 aromatic rings. The number of hydrogen-bond acceptors (Lipinski definition) is 3. The Bertz CT molecular complexity index is 821. The first-order valence-corrected chi connectivity index (χ1v) is 7.16. The maximum atomic E-state index is 13.4. The average molecular weight is 330 g/mol. The van der Waals surface area contributed by atoms with Gasteiger partial charge in [0.05, 0.1) is 28.7 Å². The average Bonchev–Trinajstić information content (AvgIpc) is 2.42. The number of aromatic amines is 2. The van der Waals surface area contributed by atoms with E-state index in [0.29, 0.717) is 6.42 Å². The second kappa shape index (κ2) is 6.19. The summed E-state index contributed by atoms with van der Waals surface area (Å²) in [6.45, 7) is 5.15. The number of halogens is 3. The van der Waals surface area contributed by atoms with Crippen molar-refractivity contribution in [1.29, 1.82) is 0 Å². The lowest BCUT2D eigenvalue weighted by Crippen LogP contribution is -2.23. The van der Waals surface area contributed by atoms with Crippen LogP contribution < -0.4 is 11.2 Å². The van der Waals surface area contributed by atoms with E-state index in [2.05, 4.69) is 4.98 Å². The van der Waals surface area contributed by atoms with E-state index >= 15 is 0 Å². The lowest BCUT2D eigenvalue weighted by atomic mass is 9.97. The summed E-state index contributed by atoms with van der Waals surface area (Å²) < 4.78 is 45.7. The molecule has 0 amide bonds. The molecular weight excluding hydrogens is 313 g/mol. The molecule has 1 aromatic heterocycles. The molecule has 2 N–H and O–H groups in total. The lowest BCUT2D eigenvalue weighted by Gasteiger charge is -2.23. The number of aromatic nitrogens is 2. The summed E-state index contributed by atoms with van der Waals surface area (Å²) in [5, 5.41) is -0.0154. The number of hydrogen-bond donors (Lipinski definition) is 2. The summed E-state index contributed by atoms with van der Waals surface area (Å²) in [7, 11) is 0. The molecule has 0 saturated carbocycles. The number of H-pyrrole nitrogens is 2. The van der Waals surface area contributed by atoms with Gasteiger partial charge < -0.3 is 9.72 Å². The van der Waals surface area contributed by atoms with E-state index in [1.807, 2.05) is 4.98 Å². The molecule has 1 aromatic carbocycles. The molecule has 0 aliphatic rings. The fraction of sp³-hybridized carbons (Fsp3) is 0.467. The van der Waals surface area contributed by atoms with Crippen LogP contribution in [0.15, 0.2) is 21.7 Å². The second-order valence-electron chi connectivity index (χ2n) is 5.47. The number of ether oxygens (including phenoxy) is 1. The van der Waals surface area contributed by atoms with Crippen molar-refractivity contribution in [2.75, 3.05) is 0 Å². The molecule has 1 atom stereocenters. The molecule has 0 bridgehead atoms. The quantitative estimate of drug-likeness (QED) is 0.904. The third kappa shape index (κ3) is 3.64. The first kappa shape index (κ1) is 17.3. The van der Waals surface area contributed by atoms with Gasteiger partial charge in [-0.2, -0.15) is 13.2 Å². The third-order valence-electron chi connectivity index (χ3n) is 3.37. The molecule has 126 valence electrons. The highest BCUT2D eigenvalue weighted by Crippen LogP contribution is 2.38. The fourth-order valence-corrected chi connectivity index (χ4v) is 2.46. The Labute approximate surface area is 129 Å². The van der Waals surface area contributed by atoms with Crippen molar-refractivity contribution in [2.45, 2.75) is 45.6 Å². The highest BCUT2D eigenvalue weighted by Gasteiger charge is 2.36. The molecular formula is C15H17F3N2O3. The van der Waals surface area contributed by atoms with Gasteiger partial charge in [0, 0.05) is 0 Å². The van der Waals surface area contributed by atoms with Gasteiger partial charge in [0.25, 0.3) is 5.56 Å². The summed E-state index contributed by atoms with van der Waals surface area (Å²) in [5.41, 5.74) is -2.78. The van der Waals surface area contributed by atoms with Crippen LogP contribution >= 0.6 is 0 Å². The zero-order chi connectivity index (χ0) is 17.4. The van der Waals surface area contributed by atoms with Gasteiger partial charge in [-0.1, -0.05) is 6.92 Å². The molecule has 2 rings (SSSR count). The molecule has 0 fully saturated rings. The highest BCUT2D eigenvalue weighted by molar-refractivity contribution is 5.79. The standard InChI is InChI=1S/C15H17F3N2O3/c1-4-12(23-7(2)3)8-5-9-11(6-10(8)15(16,17)18)19-14(22)20-13(9)21/h5-7,12H,4H2,1-3H3,(H2,19,20,21,22). The van der Waals surface area contributed by atoms with Crippen LogP contribution in [0.25, 0.3) is 10.9 Å². The highest BCUT2D eigenvalue weighted by atomic mass is 19.4. The van der Waals surface area contributed by atoms with E-state index < -0.39 is 29.1 Å². The van der Waals surface area contributed by atoms with Crippen LogP contribution in [-0.4, -0.2) is 16.1 Å². The molecule has 1 unspecified atom stereocenters. The normalized spacial score (nSPS) is 13.7. The van der Waals surface area contributed by atoms with Crippen molar-refractivity contribution in [3.63, 3.8) is 0 Å². The van der Waals surface area contributed by atoms with Gasteiger partial charge >= 0.3 is 11.9 Å². The van der Waals surface area contributed by atoms with E-state index in [1.54, 1.807) is 20.8 Å². The van der Waals surface area contributed by atoms with Gasteiger partial charge in [-0.25, -0.2) is 4.79 Å². The van der Waals surface area contributed by atoms with E-state index in [9.17, 15) is 22.8 Å². The molecule has 8 heteroatoms. The number of nitrogens with one attached hydrogen (secondary N) is 2. The minimum Gasteiger partial charge on any atom is -0.371 e. The zero-order valence-corrected chi connectivity index (χ0v) is 12.9. The summed E-state index contributed by atoms with van der Waals surface area (Å²) in [6, 6.07) is 1.93. The van der Waals surface area contributed by atoms with Gasteiger partial charge in [-0.15, -0.1) is 0 Å². The Morgan fingerprint density at radius 2 is 1.83 bits per heavy atom. The molecule has 5 nitrogen and oxygen atoms in total. The lowest BCUT2D eigenvalue weighted by molar-refractivity contribution is -0.140. The third-order valence-corrected chi connectivity index (χ3v) is 3.37. The number of alkyl halides is 3. The topological polar surface area (TPSA) is 75.0 Å². The number of fused-ring (bicyclic) bond motifs is 1. The van der Waals surface area contributed by atoms with Crippen molar-refractivity contribution < 1.29 is 17.9 Å². The Balaban J connectivity index is 2.79. The number of rotatable bonds is 4. The molecule has 0 saturated heterocycles. The Kier molecular flexibility index (Phi) is 4.65. The van der Waals surface area contributed by atoms with Gasteiger partial charge in [-0.3, -0.25) is 9.78 Å². The van der Waals surface area contributed by atoms with Gasteiger partial charge in [0.15, 0.2) is 0 Å². The SMILES string of the molecule is CCC(OC(C)C)c1cc2c(=O)[nH]c(=O)[nH]c2cc1C(F)(F)F. The van der Waals surface area contributed by atoms with E-state index in [0.717, 1.165) is 12.1 Å². The molecule has 0 spiro atoms. The van der Waals surface area contributed by atoms with Crippen LogP contribution in [0, 0.1) is 0 Å². The fourth-order valence-electron chi connectivity index (χ4n) is 2.46. The molecule has 23 heavy (non-hydrogen) atoms. The maximum Gasteiger partial charge on any atom is 0.416 e. The summed E-state index contributed by atoms with van der Waals surface area (Å²) >= 11 is 0. The molecule has 0 radical (unpaired) electrons. The van der Waals surface area contributed by atoms with Gasteiger partial charge in [0.1, 0.15) is 0 Å². The zero-order valence-electron chi connectivity index (χ0n) is 12.9. The van der Waals surface area contributed by atoms with Gasteiger partial charge in [0.2, 0.25) is 0 Å². The smallest absolute Gasteiger partial charge is 0.371 e. The van der Waals surface area contributed by atoms with E-state index in [-0.39, 0.29) is 22.6 Å². The van der Waals surface area contributed by atoms with Crippen molar-refractivity contribution in [1.82, 2.24) is 9.97 Å². The second-order valence-corrected chi connectivity index (χ2v) is 5.47. The van der Waals surface area contributed by atoms with Crippen LogP contribution in [0.5, 0.6) is 0 Å². The minimum atomic E-state index is -4.63. The van der Waals surface area contributed by atoms with Gasteiger partial charge in [-0.05, 0) is 38.0 Å². The molecule has 1 heterocycles. The van der Waals surface area contributed by atoms with Crippen LogP contribution in [-0.2, 0) is 10.9 Å². The molecule has 0 aliphatic carbocycles. The molecule has 0 aliphatic heterocycles.